The van der Waals surface area contributed by atoms with Gasteiger partial charge in [-0.1, -0.05) is 38.5 Å². The number of esters is 1. The second-order valence-electron chi connectivity index (χ2n) is 12.3. The molecule has 4 rings (SSSR count). The van der Waals surface area contributed by atoms with Crippen molar-refractivity contribution in [2.45, 2.75) is 114 Å². The third kappa shape index (κ3) is 6.43. The highest BCUT2D eigenvalue weighted by molar-refractivity contribution is 6.13. The molecule has 3 aliphatic rings. The molecule has 10 nitrogen and oxygen atoms in total. The lowest BCUT2D eigenvalue weighted by molar-refractivity contribution is -0.168. The summed E-state index contributed by atoms with van der Waals surface area (Å²) in [4.78, 5) is 54.9. The second kappa shape index (κ2) is 12.2. The largest absolute Gasteiger partial charge is 0.497 e. The summed E-state index contributed by atoms with van der Waals surface area (Å²) in [5.41, 5.74) is -1.58. The van der Waals surface area contributed by atoms with E-state index in [0.29, 0.717) is 24.3 Å². The van der Waals surface area contributed by atoms with Gasteiger partial charge < -0.3 is 25.2 Å². The number of anilines is 1. The zero-order valence-corrected chi connectivity index (χ0v) is 24.0. The number of hydrogen-bond acceptors (Lipinski definition) is 7. The molecule has 1 heterocycles. The minimum Gasteiger partial charge on any atom is -0.497 e. The van der Waals surface area contributed by atoms with Crippen LogP contribution in [0, 0.1) is 5.92 Å². The second-order valence-corrected chi connectivity index (χ2v) is 12.3. The van der Waals surface area contributed by atoms with Crippen LogP contribution >= 0.6 is 0 Å². The Balaban J connectivity index is 1.54. The van der Waals surface area contributed by atoms with Gasteiger partial charge in [0.1, 0.15) is 35.0 Å². The predicted molar refractivity (Wildman–Crippen MR) is 149 cm³/mol. The van der Waals surface area contributed by atoms with Gasteiger partial charge in [0.2, 0.25) is 11.8 Å². The molecule has 0 aromatic heterocycles. The van der Waals surface area contributed by atoms with Crippen molar-refractivity contribution in [3.05, 3.63) is 24.3 Å². The fraction of sp³-hybridized carbons (Fsp3) is 0.667. The number of aliphatic hydroxyl groups is 1. The van der Waals surface area contributed by atoms with E-state index < -0.39 is 47.0 Å². The molecule has 3 fully saturated rings. The summed E-state index contributed by atoms with van der Waals surface area (Å²) < 4.78 is 10.8. The van der Waals surface area contributed by atoms with E-state index in [1.165, 1.54) is 12.0 Å². The molecule has 220 valence electrons. The van der Waals surface area contributed by atoms with Gasteiger partial charge in [0.15, 0.2) is 0 Å². The Morgan fingerprint density at radius 3 is 2.17 bits per heavy atom. The molecule has 0 spiro atoms. The van der Waals surface area contributed by atoms with Crippen LogP contribution in [0.2, 0.25) is 0 Å². The Morgan fingerprint density at radius 1 is 1.00 bits per heavy atom. The molecular formula is C30H43N3O7. The number of nitrogens with zero attached hydrogens (tertiary/aromatic N) is 1. The molecule has 2 saturated carbocycles. The van der Waals surface area contributed by atoms with Crippen molar-refractivity contribution in [2.75, 3.05) is 12.0 Å². The van der Waals surface area contributed by atoms with Crippen LogP contribution in [0.25, 0.3) is 0 Å². The van der Waals surface area contributed by atoms with E-state index in [2.05, 4.69) is 10.6 Å². The van der Waals surface area contributed by atoms with Crippen molar-refractivity contribution in [1.82, 2.24) is 10.6 Å². The van der Waals surface area contributed by atoms with Gasteiger partial charge in [0, 0.05) is 11.7 Å². The summed E-state index contributed by atoms with van der Waals surface area (Å²) in [5, 5.41) is 17.2. The zero-order chi connectivity index (χ0) is 29.1. The van der Waals surface area contributed by atoms with Gasteiger partial charge in [-0.15, -0.1) is 0 Å². The lowest BCUT2D eigenvalue weighted by Crippen LogP contribution is -2.72. The number of amides is 3. The molecular weight excluding hydrogens is 514 g/mol. The molecule has 40 heavy (non-hydrogen) atoms. The highest BCUT2D eigenvalue weighted by atomic mass is 16.6. The quantitative estimate of drug-likeness (QED) is 0.330. The van der Waals surface area contributed by atoms with Crippen molar-refractivity contribution in [3.63, 3.8) is 0 Å². The van der Waals surface area contributed by atoms with Gasteiger partial charge in [-0.3, -0.25) is 19.3 Å². The highest BCUT2D eigenvalue weighted by Gasteiger charge is 2.59. The van der Waals surface area contributed by atoms with Gasteiger partial charge in [0.05, 0.1) is 7.11 Å². The summed E-state index contributed by atoms with van der Waals surface area (Å²) in [5.74, 6) is -3.13. The smallest absolute Gasteiger partial charge is 0.330 e. The van der Waals surface area contributed by atoms with Crippen LogP contribution in [-0.4, -0.2) is 65.2 Å². The minimum atomic E-state index is -1.83. The summed E-state index contributed by atoms with van der Waals surface area (Å²) in [6.07, 6.45) is 6.66. The average Bonchev–Trinajstić information content (AvgIpc) is 2.92. The molecule has 3 unspecified atom stereocenters. The van der Waals surface area contributed by atoms with Crippen molar-refractivity contribution in [1.29, 1.82) is 0 Å². The molecule has 2 aliphatic carbocycles. The first-order valence-electron chi connectivity index (χ1n) is 14.5. The number of β-lactam (4-membered cyclic amide) rings is 1. The number of aliphatic hydroxyl groups excluding tert-OH is 1. The molecule has 3 atom stereocenters. The topological polar surface area (TPSA) is 134 Å². The maximum atomic E-state index is 13.5. The van der Waals surface area contributed by atoms with Crippen LogP contribution in [0.4, 0.5) is 5.69 Å². The van der Waals surface area contributed by atoms with Gasteiger partial charge >= 0.3 is 5.97 Å². The van der Waals surface area contributed by atoms with Crippen molar-refractivity contribution in [3.8, 4) is 5.75 Å². The third-order valence-electron chi connectivity index (χ3n) is 8.19. The maximum Gasteiger partial charge on any atom is 0.330 e. The first-order chi connectivity index (χ1) is 19.0. The van der Waals surface area contributed by atoms with Crippen LogP contribution in [0.15, 0.2) is 24.3 Å². The van der Waals surface area contributed by atoms with Crippen LogP contribution in [0.5, 0.6) is 5.75 Å². The monoisotopic (exact) mass is 557 g/mol. The first kappa shape index (κ1) is 29.8. The van der Waals surface area contributed by atoms with E-state index >= 15 is 0 Å². The number of carbonyl (C=O) groups is 4. The first-order valence-corrected chi connectivity index (χ1v) is 14.5. The molecule has 1 aliphatic heterocycles. The molecule has 10 heteroatoms. The van der Waals surface area contributed by atoms with Crippen LogP contribution in [-0.2, 0) is 23.9 Å². The SMILES string of the molecule is COc1ccc(N2C(=O)C(C(O)C(=O)NC3(C(=O)NC4CCCCC4)CCCCC3)C2C(=O)OC(C)(C)C)cc1. The van der Waals surface area contributed by atoms with Gasteiger partial charge in [0.25, 0.3) is 5.91 Å². The molecule has 1 saturated heterocycles. The van der Waals surface area contributed by atoms with E-state index in [1.54, 1.807) is 45.0 Å². The number of hydrogen-bond donors (Lipinski definition) is 3. The lowest BCUT2D eigenvalue weighted by atomic mass is 9.78. The fourth-order valence-corrected chi connectivity index (χ4v) is 6.07. The van der Waals surface area contributed by atoms with E-state index in [9.17, 15) is 24.3 Å². The summed E-state index contributed by atoms with van der Waals surface area (Å²) in [6.45, 7) is 5.12. The molecule has 1 aromatic rings. The van der Waals surface area contributed by atoms with Gasteiger partial charge in [-0.05, 0) is 70.7 Å². The van der Waals surface area contributed by atoms with Gasteiger partial charge in [-0.2, -0.15) is 0 Å². The minimum absolute atomic E-state index is 0.0738. The number of benzene rings is 1. The van der Waals surface area contributed by atoms with Crippen molar-refractivity contribution < 1.29 is 33.8 Å². The standard InChI is InChI=1S/C30H43N3O7/c1-29(2,3)40-27(37)23-22(26(36)33(23)20-13-15-21(39-4)16-14-20)24(34)25(35)32-30(17-9-6-10-18-30)28(38)31-19-11-7-5-8-12-19/h13-16,19,22-24,34H,5-12,17-18H2,1-4H3,(H,31,38)(H,32,35). The molecule has 3 amide bonds. The van der Waals surface area contributed by atoms with E-state index in [4.69, 9.17) is 9.47 Å². The normalized spacial score (nSPS) is 23.9. The number of methoxy groups -OCH3 is 1. The molecule has 1 aromatic carbocycles. The molecule has 0 bridgehead atoms. The van der Waals surface area contributed by atoms with Crippen LogP contribution < -0.4 is 20.3 Å². The number of ether oxygens (including phenoxy) is 2. The fourth-order valence-electron chi connectivity index (χ4n) is 6.07. The van der Waals surface area contributed by atoms with E-state index in [1.807, 2.05) is 0 Å². The molecule has 0 radical (unpaired) electrons. The Bertz CT molecular complexity index is 1090. The third-order valence-corrected chi connectivity index (χ3v) is 8.19. The average molecular weight is 558 g/mol. The summed E-state index contributed by atoms with van der Waals surface area (Å²) in [7, 11) is 1.52. The number of carbonyl (C=O) groups excluding carboxylic acids is 4. The summed E-state index contributed by atoms with van der Waals surface area (Å²) >= 11 is 0. The van der Waals surface area contributed by atoms with Gasteiger partial charge in [-0.25, -0.2) is 4.79 Å². The number of rotatable bonds is 8. The maximum absolute atomic E-state index is 13.5. The zero-order valence-electron chi connectivity index (χ0n) is 24.0. The predicted octanol–water partition coefficient (Wildman–Crippen LogP) is 3.00. The number of nitrogens with one attached hydrogen (secondary N) is 2. The Hall–Kier alpha value is -3.14. The van der Waals surface area contributed by atoms with Crippen LogP contribution in [0.1, 0.15) is 85.0 Å². The lowest BCUT2D eigenvalue weighted by Gasteiger charge is -2.47. The molecule has 3 N–H and O–H groups in total. The van der Waals surface area contributed by atoms with E-state index in [-0.39, 0.29) is 11.9 Å². The van der Waals surface area contributed by atoms with Crippen molar-refractivity contribution in [2.24, 2.45) is 5.92 Å². The van der Waals surface area contributed by atoms with Crippen molar-refractivity contribution >= 4 is 29.4 Å². The Labute approximate surface area is 236 Å². The Morgan fingerprint density at radius 2 is 1.60 bits per heavy atom. The van der Waals surface area contributed by atoms with Crippen LogP contribution in [0.3, 0.4) is 0 Å². The summed E-state index contributed by atoms with van der Waals surface area (Å²) in [6, 6.07) is 5.43. The Kier molecular flexibility index (Phi) is 9.07. The van der Waals surface area contributed by atoms with E-state index in [0.717, 1.165) is 51.4 Å². The highest BCUT2D eigenvalue weighted by Crippen LogP contribution is 2.38.